The van der Waals surface area contributed by atoms with Crippen molar-refractivity contribution >= 4 is 22.5 Å². The average molecular weight is 467 g/mol. The van der Waals surface area contributed by atoms with Crippen LogP contribution in [0.5, 0.6) is 0 Å². The lowest BCUT2D eigenvalue weighted by Gasteiger charge is -2.22. The highest BCUT2D eigenvalue weighted by molar-refractivity contribution is 7.89. The number of hydrogen-bond donors (Lipinski definition) is 3. The van der Waals surface area contributed by atoms with Crippen molar-refractivity contribution in [1.29, 1.82) is 0 Å². The quantitative estimate of drug-likeness (QED) is 0.600. The van der Waals surface area contributed by atoms with Crippen LogP contribution in [0.4, 0.5) is 19.0 Å². The minimum atomic E-state index is -4.73. The number of carbonyl (C=O) groups is 1. The monoisotopic (exact) mass is 467 g/mol. The molecule has 1 aliphatic carbocycles. The molecule has 0 fully saturated rings. The van der Waals surface area contributed by atoms with Gasteiger partial charge in [-0.1, -0.05) is 0 Å². The lowest BCUT2D eigenvalue weighted by Crippen LogP contribution is -2.25. The molecule has 0 saturated carbocycles. The Morgan fingerprint density at radius 2 is 2.12 bits per heavy atom. The molecular weight excluding hydrogens is 447 g/mol. The molecule has 3 N–H and O–H groups in total. The topological polar surface area (TPSA) is 105 Å². The molecule has 0 spiro atoms. The zero-order valence-electron chi connectivity index (χ0n) is 16.7. The fourth-order valence-corrected chi connectivity index (χ4v) is 4.67. The number of fused-ring (bicyclic) bond motifs is 1. The fourth-order valence-electron chi connectivity index (χ4n) is 3.42. The van der Waals surface area contributed by atoms with Gasteiger partial charge in [0.15, 0.2) is 0 Å². The van der Waals surface area contributed by atoms with E-state index in [4.69, 9.17) is 0 Å². The number of anilines is 1. The summed E-state index contributed by atoms with van der Waals surface area (Å²) >= 11 is 0. The van der Waals surface area contributed by atoms with E-state index in [0.29, 0.717) is 46.3 Å². The predicted molar refractivity (Wildman–Crippen MR) is 109 cm³/mol. The van der Waals surface area contributed by atoms with Crippen molar-refractivity contribution in [3.05, 3.63) is 58.4 Å². The molecule has 1 aliphatic heterocycles. The summed E-state index contributed by atoms with van der Waals surface area (Å²) in [4.78, 5) is 21.5. The lowest BCUT2D eigenvalue weighted by atomic mass is 10.1. The molecule has 2 aromatic rings. The number of alkyl halides is 3. The number of amides is 1. The van der Waals surface area contributed by atoms with Gasteiger partial charge in [-0.05, 0) is 43.5 Å². The highest BCUT2D eigenvalue weighted by Crippen LogP contribution is 2.30. The second-order valence-electron chi connectivity index (χ2n) is 7.27. The van der Waals surface area contributed by atoms with Crippen LogP contribution in [-0.2, 0) is 28.6 Å². The van der Waals surface area contributed by atoms with Crippen molar-refractivity contribution in [3.63, 3.8) is 0 Å². The Labute approximate surface area is 184 Å². The molecule has 2 atom stereocenters. The molecular formula is C20H20F3N5O3S. The van der Waals surface area contributed by atoms with Gasteiger partial charge in [0.25, 0.3) is 5.91 Å². The Bertz CT molecular complexity index is 1060. The molecule has 32 heavy (non-hydrogen) atoms. The maximum Gasteiger partial charge on any atom is 0.523 e. The summed E-state index contributed by atoms with van der Waals surface area (Å²) in [6.45, 7) is 0.729. The maximum absolute atomic E-state index is 12.7. The molecule has 0 bridgehead atoms. The summed E-state index contributed by atoms with van der Waals surface area (Å²) < 4.78 is 54.2. The van der Waals surface area contributed by atoms with Crippen LogP contribution in [0.15, 0.2) is 46.5 Å². The van der Waals surface area contributed by atoms with E-state index >= 15 is 0 Å². The minimum Gasteiger partial charge on any atom is -0.346 e. The predicted octanol–water partition coefficient (Wildman–Crippen LogP) is 2.92. The van der Waals surface area contributed by atoms with E-state index in [1.807, 2.05) is 0 Å². The van der Waals surface area contributed by atoms with Crippen molar-refractivity contribution in [1.82, 2.24) is 20.7 Å². The molecule has 4 rings (SSSR count). The van der Waals surface area contributed by atoms with E-state index in [-0.39, 0.29) is 18.9 Å². The van der Waals surface area contributed by atoms with Crippen molar-refractivity contribution in [2.24, 2.45) is 0 Å². The number of allylic oxidation sites excluding steroid dienone is 1. The molecule has 0 aromatic carbocycles. The van der Waals surface area contributed by atoms with Crippen LogP contribution in [0.2, 0.25) is 0 Å². The summed E-state index contributed by atoms with van der Waals surface area (Å²) in [5.41, 5.74) is 7.67. The van der Waals surface area contributed by atoms with Gasteiger partial charge in [0.2, 0.25) is 0 Å². The van der Waals surface area contributed by atoms with E-state index in [1.165, 1.54) is 18.5 Å². The second-order valence-corrected chi connectivity index (χ2v) is 8.81. The lowest BCUT2D eigenvalue weighted by molar-refractivity contribution is -0.337. The van der Waals surface area contributed by atoms with Crippen LogP contribution >= 0.6 is 0 Å². The summed E-state index contributed by atoms with van der Waals surface area (Å²) in [6, 6.07) is 4.96. The molecule has 0 saturated heterocycles. The smallest absolute Gasteiger partial charge is 0.346 e. The number of nitrogens with zero attached hydrogens (tertiary/aromatic N) is 2. The molecule has 170 valence electrons. The first-order chi connectivity index (χ1) is 15.3. The standard InChI is InChI=1S/C20H20F3N5O3S/c21-20(22,23)31-15-2-1-3-16(7-15)32(30)17-5-4-14(24-11-17)10-26-19(29)13-6-12-9-27-28-18(12)25-8-13/h4-8,11,15,27H,1-3,9-10H2,(H,25,28)(H,26,29). The molecule has 12 heteroatoms. The minimum absolute atomic E-state index is 0.156. The Morgan fingerprint density at radius 3 is 2.88 bits per heavy atom. The fraction of sp³-hybridized carbons (Fsp3) is 0.350. The number of ether oxygens (including phenoxy) is 1. The second kappa shape index (κ2) is 9.35. The number of hydrazine groups is 1. The van der Waals surface area contributed by atoms with Gasteiger partial charge in [0.05, 0.1) is 39.6 Å². The summed E-state index contributed by atoms with van der Waals surface area (Å²) in [5.74, 6) is 0.390. The zero-order valence-corrected chi connectivity index (χ0v) is 17.6. The summed E-state index contributed by atoms with van der Waals surface area (Å²) in [7, 11) is -1.63. The van der Waals surface area contributed by atoms with Crippen molar-refractivity contribution in [3.8, 4) is 0 Å². The van der Waals surface area contributed by atoms with E-state index in [0.717, 1.165) is 5.56 Å². The van der Waals surface area contributed by atoms with Crippen LogP contribution < -0.4 is 16.2 Å². The molecule has 1 amide bonds. The largest absolute Gasteiger partial charge is 0.523 e. The Kier molecular flexibility index (Phi) is 6.53. The Balaban J connectivity index is 1.35. The van der Waals surface area contributed by atoms with Crippen LogP contribution in [0.3, 0.4) is 0 Å². The molecule has 8 nitrogen and oxygen atoms in total. The first-order valence-corrected chi connectivity index (χ1v) is 11.0. The third-order valence-electron chi connectivity index (χ3n) is 4.96. The van der Waals surface area contributed by atoms with Gasteiger partial charge in [-0.2, -0.15) is 0 Å². The van der Waals surface area contributed by atoms with E-state index in [1.54, 1.807) is 18.2 Å². The number of pyridine rings is 2. The SMILES string of the molecule is O=C(NCc1ccc(S(=O)C2=CC(OC(F)(F)F)CCC2)cn1)c1cnc2c(c1)CNN2. The molecule has 2 aromatic heterocycles. The molecule has 0 radical (unpaired) electrons. The number of nitrogens with one attached hydrogen (secondary N) is 3. The van der Waals surface area contributed by atoms with Gasteiger partial charge in [-0.3, -0.25) is 14.5 Å². The average Bonchev–Trinajstić information content (AvgIpc) is 3.24. The van der Waals surface area contributed by atoms with Crippen molar-refractivity contribution in [2.75, 3.05) is 5.43 Å². The third kappa shape index (κ3) is 5.50. The molecule has 3 heterocycles. The summed E-state index contributed by atoms with van der Waals surface area (Å²) in [5, 5.41) is 2.75. The van der Waals surface area contributed by atoms with E-state index < -0.39 is 23.3 Å². The number of aromatic nitrogens is 2. The molecule has 2 unspecified atom stereocenters. The normalized spacial score (nSPS) is 19.0. The maximum atomic E-state index is 12.7. The van der Waals surface area contributed by atoms with Gasteiger partial charge in [0, 0.05) is 29.4 Å². The first-order valence-electron chi connectivity index (χ1n) is 9.86. The number of halogens is 3. The Hall–Kier alpha value is -2.83. The van der Waals surface area contributed by atoms with Gasteiger partial charge in [-0.25, -0.2) is 14.6 Å². The zero-order chi connectivity index (χ0) is 22.7. The van der Waals surface area contributed by atoms with Gasteiger partial charge < -0.3 is 10.7 Å². The van der Waals surface area contributed by atoms with E-state index in [9.17, 15) is 22.2 Å². The number of rotatable bonds is 6. The van der Waals surface area contributed by atoms with Gasteiger partial charge in [-0.15, -0.1) is 13.2 Å². The van der Waals surface area contributed by atoms with Crippen LogP contribution in [-0.4, -0.2) is 32.6 Å². The summed E-state index contributed by atoms with van der Waals surface area (Å²) in [6.07, 6.45) is -0.585. The first kappa shape index (κ1) is 22.4. The van der Waals surface area contributed by atoms with E-state index in [2.05, 4.69) is 30.9 Å². The number of carbonyl (C=O) groups excluding carboxylic acids is 1. The van der Waals surface area contributed by atoms with Crippen LogP contribution in [0.1, 0.15) is 40.9 Å². The highest BCUT2D eigenvalue weighted by Gasteiger charge is 2.34. The molecule has 2 aliphatic rings. The van der Waals surface area contributed by atoms with Crippen LogP contribution in [0.25, 0.3) is 0 Å². The van der Waals surface area contributed by atoms with Gasteiger partial charge in [0.1, 0.15) is 5.82 Å². The van der Waals surface area contributed by atoms with Gasteiger partial charge >= 0.3 is 6.36 Å². The van der Waals surface area contributed by atoms with Crippen LogP contribution in [0, 0.1) is 0 Å². The van der Waals surface area contributed by atoms with Crippen molar-refractivity contribution < 1.29 is 26.9 Å². The Morgan fingerprint density at radius 1 is 1.28 bits per heavy atom. The highest BCUT2D eigenvalue weighted by atomic mass is 32.2. The third-order valence-corrected chi connectivity index (χ3v) is 6.45. The number of hydrogen-bond acceptors (Lipinski definition) is 7. The van der Waals surface area contributed by atoms with Crippen molar-refractivity contribution in [2.45, 2.75) is 49.7 Å².